The third-order valence-electron chi connectivity index (χ3n) is 2.32. The molecule has 0 amide bonds. The predicted molar refractivity (Wildman–Crippen MR) is 67.9 cm³/mol. The maximum absolute atomic E-state index is 5.79. The lowest BCUT2D eigenvalue weighted by molar-refractivity contribution is 0.301. The normalized spacial score (nSPS) is 10.2. The average molecular weight is 249 g/mol. The molecule has 0 spiro atoms. The summed E-state index contributed by atoms with van der Waals surface area (Å²) in [5.74, 6) is 0.795. The molecule has 0 unspecified atom stereocenters. The fourth-order valence-electron chi connectivity index (χ4n) is 1.41. The van der Waals surface area contributed by atoms with Crippen molar-refractivity contribution < 1.29 is 4.74 Å². The highest BCUT2D eigenvalue weighted by Crippen LogP contribution is 2.14. The summed E-state index contributed by atoms with van der Waals surface area (Å²) in [6.45, 7) is 0.943. The van der Waals surface area contributed by atoms with Gasteiger partial charge in [0, 0.05) is 6.54 Å². The average Bonchev–Trinajstić information content (AvgIpc) is 2.37. The Morgan fingerprint density at radius 2 is 1.88 bits per heavy atom. The number of pyridine rings is 1. The second-order valence-electron chi connectivity index (χ2n) is 3.59. The Labute approximate surface area is 105 Å². The van der Waals surface area contributed by atoms with E-state index in [1.54, 1.807) is 6.07 Å². The molecule has 0 atom stereocenters. The molecule has 1 heterocycles. The largest absolute Gasteiger partial charge is 0.487 e. The van der Waals surface area contributed by atoms with Crippen LogP contribution in [0.1, 0.15) is 11.3 Å². The van der Waals surface area contributed by atoms with Crippen LogP contribution in [0.25, 0.3) is 0 Å². The summed E-state index contributed by atoms with van der Waals surface area (Å²) in [6.07, 6.45) is 0. The molecule has 0 aliphatic carbocycles. The molecule has 3 nitrogen and oxygen atoms in total. The Hall–Kier alpha value is -1.58. The molecule has 88 valence electrons. The summed E-state index contributed by atoms with van der Waals surface area (Å²) in [5, 5.41) is 0.476. The molecule has 1 aromatic heterocycles. The van der Waals surface area contributed by atoms with Crippen molar-refractivity contribution in [3.05, 3.63) is 58.9 Å². The Morgan fingerprint density at radius 1 is 1.12 bits per heavy atom. The number of aromatic nitrogens is 1. The number of rotatable bonds is 4. The molecule has 2 N–H and O–H groups in total. The van der Waals surface area contributed by atoms with Crippen LogP contribution in [0.2, 0.25) is 5.15 Å². The van der Waals surface area contributed by atoms with Crippen molar-refractivity contribution in [2.24, 2.45) is 5.73 Å². The van der Waals surface area contributed by atoms with Gasteiger partial charge in [0.15, 0.2) is 0 Å². The number of hydrogen-bond donors (Lipinski definition) is 1. The molecule has 0 fully saturated rings. The third-order valence-corrected chi connectivity index (χ3v) is 2.53. The maximum atomic E-state index is 5.79. The van der Waals surface area contributed by atoms with Crippen LogP contribution in [0.15, 0.2) is 42.5 Å². The van der Waals surface area contributed by atoms with Gasteiger partial charge in [-0.25, -0.2) is 4.98 Å². The monoisotopic (exact) mass is 248 g/mol. The van der Waals surface area contributed by atoms with Crippen LogP contribution in [0.4, 0.5) is 0 Å². The Balaban J connectivity index is 1.97. The Bertz CT molecular complexity index is 485. The van der Waals surface area contributed by atoms with Crippen LogP contribution in [-0.4, -0.2) is 4.98 Å². The smallest absolute Gasteiger partial charge is 0.130 e. The first-order valence-electron chi connectivity index (χ1n) is 5.31. The third kappa shape index (κ3) is 3.44. The molecule has 0 aliphatic heterocycles. The van der Waals surface area contributed by atoms with Crippen molar-refractivity contribution in [2.75, 3.05) is 0 Å². The van der Waals surface area contributed by atoms with Crippen LogP contribution in [0, 0.1) is 0 Å². The highest BCUT2D eigenvalue weighted by molar-refractivity contribution is 6.29. The van der Waals surface area contributed by atoms with E-state index in [2.05, 4.69) is 4.98 Å². The summed E-state index contributed by atoms with van der Waals surface area (Å²) in [7, 11) is 0. The summed E-state index contributed by atoms with van der Waals surface area (Å²) >= 11 is 5.79. The van der Waals surface area contributed by atoms with Gasteiger partial charge >= 0.3 is 0 Å². The first kappa shape index (κ1) is 11.9. The second-order valence-corrected chi connectivity index (χ2v) is 3.98. The van der Waals surface area contributed by atoms with Gasteiger partial charge in [0.05, 0.1) is 5.69 Å². The van der Waals surface area contributed by atoms with Gasteiger partial charge in [-0.05, 0) is 29.8 Å². The van der Waals surface area contributed by atoms with Gasteiger partial charge in [-0.3, -0.25) is 0 Å². The minimum atomic E-state index is 0.405. The van der Waals surface area contributed by atoms with E-state index in [9.17, 15) is 0 Å². The lowest BCUT2D eigenvalue weighted by Gasteiger charge is -2.06. The summed E-state index contributed by atoms with van der Waals surface area (Å²) < 4.78 is 5.58. The topological polar surface area (TPSA) is 48.1 Å². The first-order valence-corrected chi connectivity index (χ1v) is 5.69. The van der Waals surface area contributed by atoms with Crippen molar-refractivity contribution in [3.8, 4) is 5.75 Å². The van der Waals surface area contributed by atoms with E-state index in [4.69, 9.17) is 22.1 Å². The molecular weight excluding hydrogens is 236 g/mol. The van der Waals surface area contributed by atoms with E-state index in [0.717, 1.165) is 17.0 Å². The van der Waals surface area contributed by atoms with E-state index in [-0.39, 0.29) is 0 Å². The van der Waals surface area contributed by atoms with Crippen LogP contribution in [0.5, 0.6) is 5.75 Å². The Morgan fingerprint density at radius 3 is 2.53 bits per heavy atom. The summed E-state index contributed by atoms with van der Waals surface area (Å²) in [4.78, 5) is 4.14. The van der Waals surface area contributed by atoms with E-state index in [0.29, 0.717) is 18.3 Å². The highest BCUT2D eigenvalue weighted by Gasteiger charge is 1.98. The molecular formula is C13H13ClN2O. The number of nitrogens with zero attached hydrogens (tertiary/aromatic N) is 1. The number of hydrogen-bond acceptors (Lipinski definition) is 3. The molecule has 17 heavy (non-hydrogen) atoms. The fraction of sp³-hybridized carbons (Fsp3) is 0.154. The predicted octanol–water partition coefficient (Wildman–Crippen LogP) is 2.77. The van der Waals surface area contributed by atoms with Crippen molar-refractivity contribution in [1.29, 1.82) is 0 Å². The van der Waals surface area contributed by atoms with Gasteiger partial charge in [0.2, 0.25) is 0 Å². The number of benzene rings is 1. The lowest BCUT2D eigenvalue weighted by atomic mass is 10.2. The van der Waals surface area contributed by atoms with Crippen molar-refractivity contribution in [3.63, 3.8) is 0 Å². The zero-order chi connectivity index (χ0) is 12.1. The van der Waals surface area contributed by atoms with E-state index in [1.165, 1.54) is 0 Å². The molecule has 2 rings (SSSR count). The fourth-order valence-corrected chi connectivity index (χ4v) is 1.59. The van der Waals surface area contributed by atoms with Gasteiger partial charge in [-0.2, -0.15) is 0 Å². The van der Waals surface area contributed by atoms with Gasteiger partial charge in [0.1, 0.15) is 17.5 Å². The minimum absolute atomic E-state index is 0.405. The molecule has 0 radical (unpaired) electrons. The number of halogens is 1. The van der Waals surface area contributed by atoms with Gasteiger partial charge in [-0.15, -0.1) is 0 Å². The van der Waals surface area contributed by atoms with Crippen molar-refractivity contribution in [1.82, 2.24) is 4.98 Å². The molecule has 0 bridgehead atoms. The van der Waals surface area contributed by atoms with E-state index < -0.39 is 0 Å². The number of ether oxygens (including phenoxy) is 1. The molecule has 0 saturated heterocycles. The Kier molecular flexibility index (Phi) is 3.96. The summed E-state index contributed by atoms with van der Waals surface area (Å²) in [6, 6.07) is 13.1. The zero-order valence-corrected chi connectivity index (χ0v) is 10.0. The van der Waals surface area contributed by atoms with Crippen LogP contribution in [0.3, 0.4) is 0 Å². The zero-order valence-electron chi connectivity index (χ0n) is 9.27. The molecule has 4 heteroatoms. The quantitative estimate of drug-likeness (QED) is 0.847. The van der Waals surface area contributed by atoms with Gasteiger partial charge in [-0.1, -0.05) is 29.8 Å². The second kappa shape index (κ2) is 5.66. The van der Waals surface area contributed by atoms with E-state index in [1.807, 2.05) is 36.4 Å². The van der Waals surface area contributed by atoms with Gasteiger partial charge in [0.25, 0.3) is 0 Å². The van der Waals surface area contributed by atoms with Gasteiger partial charge < -0.3 is 10.5 Å². The summed E-state index contributed by atoms with van der Waals surface area (Å²) in [5.41, 5.74) is 7.40. The van der Waals surface area contributed by atoms with Crippen LogP contribution < -0.4 is 10.5 Å². The van der Waals surface area contributed by atoms with Crippen LogP contribution >= 0.6 is 11.6 Å². The molecule has 0 saturated carbocycles. The standard InChI is InChI=1S/C13H13ClN2O/c14-13-3-1-2-11(16-13)9-17-12-6-4-10(8-15)5-7-12/h1-7H,8-9,15H2. The maximum Gasteiger partial charge on any atom is 0.130 e. The number of nitrogens with two attached hydrogens (primary N) is 1. The first-order chi connectivity index (χ1) is 8.28. The lowest BCUT2D eigenvalue weighted by Crippen LogP contribution is -1.99. The molecule has 2 aromatic rings. The minimum Gasteiger partial charge on any atom is -0.487 e. The molecule has 1 aromatic carbocycles. The van der Waals surface area contributed by atoms with Crippen molar-refractivity contribution in [2.45, 2.75) is 13.2 Å². The van der Waals surface area contributed by atoms with E-state index >= 15 is 0 Å². The highest BCUT2D eigenvalue weighted by atomic mass is 35.5. The molecule has 0 aliphatic rings. The van der Waals surface area contributed by atoms with Crippen molar-refractivity contribution >= 4 is 11.6 Å². The SMILES string of the molecule is NCc1ccc(OCc2cccc(Cl)n2)cc1. The van der Waals surface area contributed by atoms with Crippen LogP contribution in [-0.2, 0) is 13.2 Å².